The lowest BCUT2D eigenvalue weighted by Crippen LogP contribution is -2.42. The van der Waals surface area contributed by atoms with Gasteiger partial charge in [-0.3, -0.25) is 23.7 Å². The molecule has 0 rings (SSSR count). The molecule has 0 aromatic rings. The van der Waals surface area contributed by atoms with Gasteiger partial charge in [0, 0.05) is 0 Å². The molecular formula is C22H38O14S. The molecule has 0 atom stereocenters. The van der Waals surface area contributed by atoms with Gasteiger partial charge < -0.3 is 29.3 Å². The summed E-state index contributed by atoms with van der Waals surface area (Å²) in [7, 11) is -4.81. The summed E-state index contributed by atoms with van der Waals surface area (Å²) in [6, 6.07) is 0. The Morgan fingerprint density at radius 1 is 0.703 bits per heavy atom. The first-order valence-electron chi connectivity index (χ1n) is 11.9. The third-order valence-electron chi connectivity index (χ3n) is 4.78. The molecule has 0 spiro atoms. The number of hydrogen-bond acceptors (Lipinski definition) is 10. The number of carboxylic acid groups (broad SMARTS) is 3. The van der Waals surface area contributed by atoms with Crippen LogP contribution in [0.25, 0.3) is 0 Å². The van der Waals surface area contributed by atoms with Crippen LogP contribution in [-0.2, 0) is 43.3 Å². The van der Waals surface area contributed by atoms with Gasteiger partial charge in [-0.15, -0.1) is 0 Å². The molecule has 0 aromatic heterocycles. The second-order valence-corrected chi connectivity index (χ2v) is 9.29. The van der Waals surface area contributed by atoms with Crippen LogP contribution < -0.4 is 0 Å². The van der Waals surface area contributed by atoms with E-state index in [-0.39, 0.29) is 6.42 Å². The second kappa shape index (κ2) is 20.3. The standard InChI is InChI=1S/C16H30O7S.C6H8O7/c1-2-3-4-5-6-7-8-9-10-11-14-22-15(17)12-13-16(18)23-24(19,20)21;7-3(8)1-6(13,5(11)12)2-4(9)10/h2-14H2,1H3,(H,19,20,21);13H,1-2H2,(H,7,8)(H,9,10)(H,11,12). The van der Waals surface area contributed by atoms with Gasteiger partial charge in [0.05, 0.1) is 32.3 Å². The van der Waals surface area contributed by atoms with E-state index in [9.17, 15) is 32.4 Å². The van der Waals surface area contributed by atoms with Gasteiger partial charge in [-0.25, -0.2) is 4.79 Å². The molecule has 15 heteroatoms. The third-order valence-corrected chi connectivity index (χ3v) is 5.17. The van der Waals surface area contributed by atoms with Crippen LogP contribution in [0.2, 0.25) is 0 Å². The van der Waals surface area contributed by atoms with Crippen molar-refractivity contribution in [3.63, 3.8) is 0 Å². The van der Waals surface area contributed by atoms with Gasteiger partial charge in [-0.2, -0.15) is 8.42 Å². The zero-order valence-electron chi connectivity index (χ0n) is 20.9. The summed E-state index contributed by atoms with van der Waals surface area (Å²) in [5.74, 6) is -6.79. The largest absolute Gasteiger partial charge is 0.481 e. The fourth-order valence-electron chi connectivity index (χ4n) is 2.92. The molecule has 0 aliphatic heterocycles. The van der Waals surface area contributed by atoms with E-state index in [0.29, 0.717) is 6.61 Å². The summed E-state index contributed by atoms with van der Waals surface area (Å²) < 4.78 is 37.4. The summed E-state index contributed by atoms with van der Waals surface area (Å²) in [5, 5.41) is 33.8. The molecule has 0 fully saturated rings. The van der Waals surface area contributed by atoms with Crippen molar-refractivity contribution >= 4 is 40.2 Å². The molecule has 0 saturated heterocycles. The molecule has 0 unspecified atom stereocenters. The fraction of sp³-hybridized carbons (Fsp3) is 0.773. The second-order valence-electron chi connectivity index (χ2n) is 8.26. The Morgan fingerprint density at radius 3 is 1.49 bits per heavy atom. The molecule has 5 N–H and O–H groups in total. The number of carbonyl (C=O) groups is 5. The first-order valence-corrected chi connectivity index (χ1v) is 13.2. The highest BCUT2D eigenvalue weighted by molar-refractivity contribution is 7.81. The van der Waals surface area contributed by atoms with Gasteiger partial charge in [-0.1, -0.05) is 64.7 Å². The number of carbonyl (C=O) groups excluding carboxylic acids is 2. The lowest BCUT2D eigenvalue weighted by molar-refractivity contribution is -0.170. The van der Waals surface area contributed by atoms with Crippen molar-refractivity contribution in [3.8, 4) is 0 Å². The summed E-state index contributed by atoms with van der Waals surface area (Å²) in [5.41, 5.74) is -2.74. The molecule has 14 nitrogen and oxygen atoms in total. The SMILES string of the molecule is CCCCCCCCCCCCOC(=O)CCC(=O)OS(=O)(=O)O.O=C(O)CC(O)(CC(=O)O)C(=O)O. The Kier molecular flexibility index (Phi) is 20.0. The van der Waals surface area contributed by atoms with Crippen molar-refractivity contribution in [2.24, 2.45) is 0 Å². The molecular weight excluding hydrogens is 520 g/mol. The Bertz CT molecular complexity index is 805. The molecule has 0 amide bonds. The summed E-state index contributed by atoms with van der Waals surface area (Å²) >= 11 is 0. The monoisotopic (exact) mass is 558 g/mol. The van der Waals surface area contributed by atoms with Gasteiger partial charge in [-0.05, 0) is 6.42 Å². The van der Waals surface area contributed by atoms with Crippen LogP contribution in [0.15, 0.2) is 0 Å². The van der Waals surface area contributed by atoms with E-state index < -0.39 is 65.1 Å². The Morgan fingerprint density at radius 2 is 1.11 bits per heavy atom. The average molecular weight is 559 g/mol. The molecule has 0 heterocycles. The molecule has 0 radical (unpaired) electrons. The normalized spacial score (nSPS) is 11.1. The average Bonchev–Trinajstić information content (AvgIpc) is 2.74. The fourth-order valence-corrected chi connectivity index (χ4v) is 3.24. The quantitative estimate of drug-likeness (QED) is 0.0818. The van der Waals surface area contributed by atoms with E-state index in [2.05, 4.69) is 11.1 Å². The van der Waals surface area contributed by atoms with Crippen LogP contribution in [0.5, 0.6) is 0 Å². The lowest BCUT2D eigenvalue weighted by atomic mass is 9.96. The number of unbranched alkanes of at least 4 members (excludes halogenated alkanes) is 9. The third kappa shape index (κ3) is 24.7. The molecule has 0 aliphatic rings. The Hall–Kier alpha value is -2.78. The molecule has 216 valence electrons. The topological polar surface area (TPSA) is 239 Å². The summed E-state index contributed by atoms with van der Waals surface area (Å²) in [6.07, 6.45) is 8.83. The maximum Gasteiger partial charge on any atom is 0.448 e. The zero-order chi connectivity index (χ0) is 28.9. The number of carboxylic acids is 3. The molecule has 0 bridgehead atoms. The van der Waals surface area contributed by atoms with E-state index in [4.69, 9.17) is 29.7 Å². The van der Waals surface area contributed by atoms with Crippen molar-refractivity contribution in [1.29, 1.82) is 0 Å². The number of aliphatic hydroxyl groups is 1. The van der Waals surface area contributed by atoms with E-state index in [1.807, 2.05) is 0 Å². The molecule has 0 aromatic carbocycles. The summed E-state index contributed by atoms with van der Waals surface area (Å²) in [4.78, 5) is 52.8. The van der Waals surface area contributed by atoms with Gasteiger partial charge in [0.15, 0.2) is 5.60 Å². The number of ether oxygens (including phenoxy) is 1. The predicted octanol–water partition coefficient (Wildman–Crippen LogP) is 2.33. The minimum absolute atomic E-state index is 0.272. The molecule has 0 saturated carbocycles. The van der Waals surface area contributed by atoms with Crippen LogP contribution in [0.1, 0.15) is 96.8 Å². The van der Waals surface area contributed by atoms with Crippen LogP contribution in [0.4, 0.5) is 0 Å². The predicted molar refractivity (Wildman–Crippen MR) is 127 cm³/mol. The number of esters is 1. The molecule has 0 aliphatic carbocycles. The minimum atomic E-state index is -4.81. The maximum absolute atomic E-state index is 11.3. The first-order chi connectivity index (χ1) is 17.1. The number of rotatable bonds is 20. The summed E-state index contributed by atoms with van der Waals surface area (Å²) in [6.45, 7) is 2.50. The lowest BCUT2D eigenvalue weighted by Gasteiger charge is -2.18. The van der Waals surface area contributed by atoms with Crippen LogP contribution in [0.3, 0.4) is 0 Å². The van der Waals surface area contributed by atoms with E-state index in [1.165, 1.54) is 44.9 Å². The van der Waals surface area contributed by atoms with Crippen molar-refractivity contribution in [3.05, 3.63) is 0 Å². The molecule has 37 heavy (non-hydrogen) atoms. The van der Waals surface area contributed by atoms with Crippen molar-refractivity contribution < 1.29 is 66.3 Å². The highest BCUT2D eigenvalue weighted by Gasteiger charge is 2.40. The van der Waals surface area contributed by atoms with Gasteiger partial charge >= 0.3 is 40.2 Å². The zero-order valence-corrected chi connectivity index (χ0v) is 21.7. The van der Waals surface area contributed by atoms with Crippen LogP contribution in [-0.4, -0.2) is 75.5 Å². The highest BCUT2D eigenvalue weighted by atomic mass is 32.3. The van der Waals surface area contributed by atoms with E-state index in [0.717, 1.165) is 19.3 Å². The van der Waals surface area contributed by atoms with Crippen LogP contribution in [0, 0.1) is 0 Å². The van der Waals surface area contributed by atoms with Crippen molar-refractivity contribution in [2.45, 2.75) is 102 Å². The maximum atomic E-state index is 11.3. The smallest absolute Gasteiger partial charge is 0.448 e. The van der Waals surface area contributed by atoms with Gasteiger partial charge in [0.2, 0.25) is 0 Å². The van der Waals surface area contributed by atoms with Gasteiger partial charge in [0.1, 0.15) is 0 Å². The Labute approximate surface area is 215 Å². The van der Waals surface area contributed by atoms with Crippen molar-refractivity contribution in [1.82, 2.24) is 0 Å². The first kappa shape index (κ1) is 36.4. The highest BCUT2D eigenvalue weighted by Crippen LogP contribution is 2.15. The van der Waals surface area contributed by atoms with E-state index >= 15 is 0 Å². The Balaban J connectivity index is 0. The number of aliphatic carboxylic acids is 3. The number of hydrogen-bond donors (Lipinski definition) is 5. The minimum Gasteiger partial charge on any atom is -0.481 e. The van der Waals surface area contributed by atoms with E-state index in [1.54, 1.807) is 0 Å². The van der Waals surface area contributed by atoms with Gasteiger partial charge in [0.25, 0.3) is 0 Å². The van der Waals surface area contributed by atoms with Crippen LogP contribution >= 0.6 is 0 Å². The van der Waals surface area contributed by atoms with Crippen molar-refractivity contribution in [2.75, 3.05) is 6.61 Å².